The second kappa shape index (κ2) is 10.7. The Balaban J connectivity index is 1.25. The van der Waals surface area contributed by atoms with Crippen molar-refractivity contribution in [3.05, 3.63) is 59.3 Å². The first-order valence-electron chi connectivity index (χ1n) is 13.7. The van der Waals surface area contributed by atoms with Crippen molar-refractivity contribution >= 4 is 23.4 Å². The summed E-state index contributed by atoms with van der Waals surface area (Å²) in [6, 6.07) is 2.61. The summed E-state index contributed by atoms with van der Waals surface area (Å²) in [6.45, 7) is 1.47. The van der Waals surface area contributed by atoms with Crippen LogP contribution in [-0.4, -0.2) is 45.6 Å². The van der Waals surface area contributed by atoms with Crippen molar-refractivity contribution in [1.29, 1.82) is 0 Å². The lowest BCUT2D eigenvalue weighted by atomic mass is 10.1. The van der Waals surface area contributed by atoms with Gasteiger partial charge in [-0.25, -0.2) is 29.3 Å². The van der Waals surface area contributed by atoms with Gasteiger partial charge in [0, 0.05) is 35.6 Å². The van der Waals surface area contributed by atoms with Crippen molar-refractivity contribution in [1.82, 2.24) is 38.4 Å². The number of methoxy groups -OCH3 is 1. The van der Waals surface area contributed by atoms with Crippen LogP contribution in [0.1, 0.15) is 60.3 Å². The molecule has 0 aliphatic heterocycles. The first kappa shape index (κ1) is 28.4. The van der Waals surface area contributed by atoms with Crippen molar-refractivity contribution in [3.63, 3.8) is 0 Å². The number of fused-ring (bicyclic) bond motifs is 1. The first-order valence-corrected chi connectivity index (χ1v) is 14.4. The third-order valence-electron chi connectivity index (χ3n) is 7.49. The Morgan fingerprint density at radius 3 is 2.48 bits per heavy atom. The Bertz CT molecular complexity index is 1900. The summed E-state index contributed by atoms with van der Waals surface area (Å²) in [6.07, 6.45) is 2.16. The first-order chi connectivity index (χ1) is 21.2. The van der Waals surface area contributed by atoms with Crippen LogP contribution in [0.4, 0.5) is 21.4 Å². The lowest BCUT2D eigenvalue weighted by molar-refractivity contribution is -0.140. The molecular formula is C28H23F5N8O2S. The molecule has 0 N–H and O–H groups in total. The minimum Gasteiger partial charge on any atom is -0.480 e. The smallest absolute Gasteiger partial charge is 0.434 e. The van der Waals surface area contributed by atoms with E-state index in [0.717, 1.165) is 30.8 Å². The topological polar surface area (TPSA) is 106 Å². The number of nitrogens with zero attached hydrogens (tertiary/aromatic N) is 8. The molecule has 0 spiro atoms. The number of rotatable bonds is 9. The Hall–Kier alpha value is -4.34. The highest BCUT2D eigenvalue weighted by molar-refractivity contribution is 7.93. The molecule has 0 amide bonds. The van der Waals surface area contributed by atoms with Gasteiger partial charge in [-0.1, -0.05) is 0 Å². The van der Waals surface area contributed by atoms with Crippen LogP contribution in [-0.2, 0) is 12.8 Å². The molecule has 2 fully saturated rings. The van der Waals surface area contributed by atoms with Gasteiger partial charge in [0.1, 0.15) is 29.7 Å². The van der Waals surface area contributed by atoms with Crippen LogP contribution < -0.4 is 9.47 Å². The average molecular weight is 631 g/mol. The molecule has 10 nitrogen and oxygen atoms in total. The van der Waals surface area contributed by atoms with Crippen molar-refractivity contribution in [3.8, 4) is 34.7 Å². The summed E-state index contributed by atoms with van der Waals surface area (Å²) in [5.74, 6) is -0.332. The van der Waals surface area contributed by atoms with E-state index in [4.69, 9.17) is 9.47 Å². The second-order valence-electron chi connectivity index (χ2n) is 10.7. The van der Waals surface area contributed by atoms with Crippen LogP contribution in [0.25, 0.3) is 33.9 Å². The highest BCUT2D eigenvalue weighted by atomic mass is 32.2. The number of halogens is 5. The highest BCUT2D eigenvalue weighted by Crippen LogP contribution is 2.46. The predicted molar refractivity (Wildman–Crippen MR) is 149 cm³/mol. The van der Waals surface area contributed by atoms with Gasteiger partial charge in [-0.15, -0.1) is 3.89 Å². The fourth-order valence-corrected chi connectivity index (χ4v) is 5.50. The SMILES string of the molecule is COc1ncnc(C2CC2)c1-c1nc(OCc2cnc(-c3nc(C(F)(F)F)cn3C3CC3)c(F)c2)c2c(cc(C)n2SF)n1. The molecular weight excluding hydrogens is 607 g/mol. The van der Waals surface area contributed by atoms with Crippen LogP contribution in [0.2, 0.25) is 0 Å². The van der Waals surface area contributed by atoms with Crippen molar-refractivity contribution in [2.24, 2.45) is 0 Å². The molecule has 228 valence electrons. The van der Waals surface area contributed by atoms with E-state index in [0.29, 0.717) is 29.6 Å². The molecule has 0 atom stereocenters. The minimum atomic E-state index is -4.68. The van der Waals surface area contributed by atoms with E-state index in [9.17, 15) is 17.1 Å². The van der Waals surface area contributed by atoms with Gasteiger partial charge in [0.05, 0.1) is 18.3 Å². The molecule has 5 aromatic heterocycles. The number of alkyl halides is 3. The normalized spacial score (nSPS) is 15.2. The van der Waals surface area contributed by atoms with Crippen LogP contribution >= 0.6 is 12.3 Å². The highest BCUT2D eigenvalue weighted by Gasteiger charge is 2.38. The molecule has 16 heteroatoms. The maximum Gasteiger partial charge on any atom is 0.434 e. The van der Waals surface area contributed by atoms with Gasteiger partial charge >= 0.3 is 6.18 Å². The summed E-state index contributed by atoms with van der Waals surface area (Å²) in [7, 11) is 1.48. The van der Waals surface area contributed by atoms with Gasteiger partial charge in [-0.2, -0.15) is 18.2 Å². The van der Waals surface area contributed by atoms with E-state index < -0.39 is 17.7 Å². The molecule has 2 aliphatic carbocycles. The van der Waals surface area contributed by atoms with Crippen molar-refractivity contribution in [2.45, 2.75) is 57.3 Å². The molecule has 44 heavy (non-hydrogen) atoms. The Labute approximate surface area is 251 Å². The fourth-order valence-electron chi connectivity index (χ4n) is 5.10. The maximum absolute atomic E-state index is 15.3. The standard InChI is InChI=1S/C28H23F5N8O2S/c1-13-7-18-23(41(13)44-33)27(39-24(37-18)20-21(15-3-4-15)35-12-36-26(20)42-2)43-11-14-8-17(29)22(34-9-14)25-38-19(28(30,31)32)10-40(25)16-5-6-16/h7-10,12,15-16H,3-6,11H2,1-2H3. The molecule has 5 aromatic rings. The molecule has 0 aromatic carbocycles. The number of imidazole rings is 1. The lowest BCUT2D eigenvalue weighted by Crippen LogP contribution is -2.06. The minimum absolute atomic E-state index is 0.0134. The molecule has 2 aliphatic rings. The monoisotopic (exact) mass is 630 g/mol. The van der Waals surface area contributed by atoms with Gasteiger partial charge in [0.2, 0.25) is 11.8 Å². The Morgan fingerprint density at radius 1 is 1.02 bits per heavy atom. The number of aryl methyl sites for hydroxylation is 1. The number of pyridine rings is 1. The maximum atomic E-state index is 15.3. The van der Waals surface area contributed by atoms with Crippen LogP contribution in [0.3, 0.4) is 0 Å². The molecule has 2 saturated carbocycles. The summed E-state index contributed by atoms with van der Waals surface area (Å²) < 4.78 is 83.6. The van der Waals surface area contributed by atoms with Crippen molar-refractivity contribution < 1.29 is 30.9 Å². The number of ether oxygens (including phenoxy) is 2. The van der Waals surface area contributed by atoms with E-state index in [2.05, 4.69) is 29.9 Å². The third kappa shape index (κ3) is 5.10. The zero-order valence-corrected chi connectivity index (χ0v) is 24.1. The number of hydrogen-bond donors (Lipinski definition) is 0. The predicted octanol–water partition coefficient (Wildman–Crippen LogP) is 6.79. The Morgan fingerprint density at radius 2 is 1.82 bits per heavy atom. The zero-order valence-electron chi connectivity index (χ0n) is 23.3. The largest absolute Gasteiger partial charge is 0.480 e. The molecule has 0 unspecified atom stereocenters. The summed E-state index contributed by atoms with van der Waals surface area (Å²) in [5, 5.41) is 0. The zero-order chi connectivity index (χ0) is 30.7. The summed E-state index contributed by atoms with van der Waals surface area (Å²) in [4.78, 5) is 25.7. The quantitative estimate of drug-likeness (QED) is 0.163. The molecule has 5 heterocycles. The molecule has 7 rings (SSSR count). The average Bonchev–Trinajstić information content (AvgIpc) is 3.94. The van der Waals surface area contributed by atoms with E-state index in [1.165, 1.54) is 28.2 Å². The third-order valence-corrected chi connectivity index (χ3v) is 8.10. The number of aromatic nitrogens is 8. The van der Waals surface area contributed by atoms with E-state index in [-0.39, 0.29) is 71.1 Å². The van der Waals surface area contributed by atoms with Gasteiger partial charge in [-0.3, -0.25) is 3.97 Å². The van der Waals surface area contributed by atoms with Crippen LogP contribution in [0.15, 0.2) is 30.9 Å². The van der Waals surface area contributed by atoms with Crippen LogP contribution in [0.5, 0.6) is 11.8 Å². The fraction of sp³-hybridized carbons (Fsp3) is 0.357. The number of hydrogen-bond acceptors (Lipinski definition) is 9. The van der Waals surface area contributed by atoms with Crippen molar-refractivity contribution in [2.75, 3.05) is 7.11 Å². The summed E-state index contributed by atoms with van der Waals surface area (Å²) in [5.41, 5.74) is 1.30. The second-order valence-corrected chi connectivity index (χ2v) is 11.2. The molecule has 0 bridgehead atoms. The van der Waals surface area contributed by atoms with Gasteiger partial charge < -0.3 is 14.0 Å². The van der Waals surface area contributed by atoms with Crippen LogP contribution in [0, 0.1) is 12.7 Å². The van der Waals surface area contributed by atoms with E-state index >= 15 is 4.39 Å². The molecule has 0 saturated heterocycles. The molecule has 0 radical (unpaired) electrons. The van der Waals surface area contributed by atoms with E-state index in [1.807, 2.05) is 0 Å². The van der Waals surface area contributed by atoms with Gasteiger partial charge in [0.15, 0.2) is 35.5 Å². The summed E-state index contributed by atoms with van der Waals surface area (Å²) >= 11 is -0.0453. The van der Waals surface area contributed by atoms with Gasteiger partial charge in [0.25, 0.3) is 0 Å². The van der Waals surface area contributed by atoms with Gasteiger partial charge in [-0.05, 0) is 44.7 Å². The lowest BCUT2D eigenvalue weighted by Gasteiger charge is -2.13. The van der Waals surface area contributed by atoms with E-state index in [1.54, 1.807) is 13.0 Å². The Kier molecular flexibility index (Phi) is 6.90.